The van der Waals surface area contributed by atoms with Crippen LogP contribution in [0.5, 0.6) is 0 Å². The van der Waals surface area contributed by atoms with E-state index in [1.165, 1.54) is 6.07 Å². The molecule has 0 bridgehead atoms. The number of nitrogens with zero attached hydrogens (tertiary/aromatic N) is 5. The summed E-state index contributed by atoms with van der Waals surface area (Å²) in [4.78, 5) is 2.22. The quantitative estimate of drug-likeness (QED) is 0.802. The zero-order valence-corrected chi connectivity index (χ0v) is 13.5. The van der Waals surface area contributed by atoms with Gasteiger partial charge in [-0.1, -0.05) is 6.07 Å². The van der Waals surface area contributed by atoms with Gasteiger partial charge in [-0.2, -0.15) is 4.52 Å². The second-order valence-electron chi connectivity index (χ2n) is 6.15. The topological polar surface area (TPSA) is 58.4 Å². The largest absolute Gasteiger partial charge is 0.369 e. The fourth-order valence-electron chi connectivity index (χ4n) is 3.18. The van der Waals surface area contributed by atoms with Crippen LogP contribution < -0.4 is 10.2 Å². The van der Waals surface area contributed by atoms with Gasteiger partial charge in [0.05, 0.1) is 0 Å². The maximum Gasteiger partial charge on any atom is 0.178 e. The predicted molar refractivity (Wildman–Crippen MR) is 90.8 cm³/mol. The first-order chi connectivity index (χ1) is 11.7. The molecule has 0 unspecified atom stereocenters. The fraction of sp³-hybridized carbons (Fsp3) is 0.353. The summed E-state index contributed by atoms with van der Waals surface area (Å²) in [6.07, 6.45) is 2.12. The molecule has 124 valence electrons. The molecular formula is C17H19FN6. The van der Waals surface area contributed by atoms with Gasteiger partial charge < -0.3 is 10.2 Å². The summed E-state index contributed by atoms with van der Waals surface area (Å²) in [5, 5.41) is 16.1. The molecule has 1 aromatic carbocycles. The molecule has 1 N–H and O–H groups in total. The van der Waals surface area contributed by atoms with Crippen molar-refractivity contribution in [2.24, 2.45) is 0 Å². The highest BCUT2D eigenvalue weighted by molar-refractivity contribution is 5.49. The summed E-state index contributed by atoms with van der Waals surface area (Å²) in [7, 11) is 0. The van der Waals surface area contributed by atoms with Gasteiger partial charge in [-0.3, -0.25) is 0 Å². The number of aryl methyl sites for hydroxylation is 1. The molecule has 2 aromatic heterocycles. The molecule has 3 aromatic rings. The lowest BCUT2D eigenvalue weighted by Crippen LogP contribution is -2.42. The van der Waals surface area contributed by atoms with Gasteiger partial charge in [0.2, 0.25) is 0 Å². The molecule has 0 radical (unpaired) electrons. The third-order valence-electron chi connectivity index (χ3n) is 4.37. The van der Waals surface area contributed by atoms with Crippen LogP contribution in [0.1, 0.15) is 18.7 Å². The van der Waals surface area contributed by atoms with E-state index in [-0.39, 0.29) is 11.9 Å². The van der Waals surface area contributed by atoms with Crippen LogP contribution in [-0.4, -0.2) is 38.9 Å². The van der Waals surface area contributed by atoms with Crippen LogP contribution in [0, 0.1) is 12.7 Å². The molecule has 0 spiro atoms. The van der Waals surface area contributed by atoms with Gasteiger partial charge in [-0.25, -0.2) is 4.39 Å². The molecular weight excluding hydrogens is 307 g/mol. The summed E-state index contributed by atoms with van der Waals surface area (Å²) in [5.74, 6) is 1.37. The number of hydrogen-bond acceptors (Lipinski definition) is 5. The van der Waals surface area contributed by atoms with E-state index in [9.17, 15) is 4.39 Å². The van der Waals surface area contributed by atoms with Crippen molar-refractivity contribution in [3.05, 3.63) is 48.0 Å². The number of benzene rings is 1. The van der Waals surface area contributed by atoms with Gasteiger partial charge in [0, 0.05) is 24.8 Å². The Bertz CT molecular complexity index is 861. The zero-order valence-electron chi connectivity index (χ0n) is 13.5. The normalized spacial score (nSPS) is 18.1. The molecule has 0 aliphatic carbocycles. The number of nitrogens with one attached hydrogen (secondary N) is 1. The molecule has 4 rings (SSSR count). The molecule has 3 heterocycles. The number of piperidine rings is 1. The first kappa shape index (κ1) is 14.9. The van der Waals surface area contributed by atoms with Gasteiger partial charge >= 0.3 is 0 Å². The average Bonchev–Trinajstić information content (AvgIpc) is 2.96. The Morgan fingerprint density at radius 3 is 3.00 bits per heavy atom. The van der Waals surface area contributed by atoms with E-state index in [0.717, 1.165) is 48.9 Å². The Balaban J connectivity index is 1.50. The van der Waals surface area contributed by atoms with Crippen molar-refractivity contribution >= 4 is 17.2 Å². The van der Waals surface area contributed by atoms with Crippen LogP contribution in [0.3, 0.4) is 0 Å². The average molecular weight is 326 g/mol. The van der Waals surface area contributed by atoms with Crippen molar-refractivity contribution in [1.82, 2.24) is 19.8 Å². The highest BCUT2D eigenvalue weighted by atomic mass is 19.1. The minimum Gasteiger partial charge on any atom is -0.369 e. The number of anilines is 2. The Morgan fingerprint density at radius 2 is 2.12 bits per heavy atom. The van der Waals surface area contributed by atoms with Crippen LogP contribution in [0.4, 0.5) is 15.9 Å². The summed E-state index contributed by atoms with van der Waals surface area (Å²) >= 11 is 0. The first-order valence-corrected chi connectivity index (χ1v) is 8.15. The van der Waals surface area contributed by atoms with E-state index in [1.807, 2.05) is 25.1 Å². The van der Waals surface area contributed by atoms with Gasteiger partial charge in [0.25, 0.3) is 0 Å². The summed E-state index contributed by atoms with van der Waals surface area (Å²) in [6.45, 7) is 3.64. The molecule has 6 nitrogen and oxygen atoms in total. The minimum absolute atomic E-state index is 0.196. The van der Waals surface area contributed by atoms with Crippen molar-refractivity contribution in [3.8, 4) is 0 Å². The lowest BCUT2D eigenvalue weighted by atomic mass is 10.0. The van der Waals surface area contributed by atoms with E-state index in [0.29, 0.717) is 0 Å². The Hall–Kier alpha value is -2.70. The van der Waals surface area contributed by atoms with Crippen molar-refractivity contribution in [2.75, 3.05) is 23.3 Å². The van der Waals surface area contributed by atoms with Crippen molar-refractivity contribution in [2.45, 2.75) is 25.8 Å². The lowest BCUT2D eigenvalue weighted by Gasteiger charge is -2.35. The molecule has 1 aliphatic rings. The highest BCUT2D eigenvalue weighted by Crippen LogP contribution is 2.22. The standard InChI is InChI=1S/C17H19FN6/c1-12-20-21-17-8-7-16(22-24(12)17)19-14-5-3-9-23(11-14)15-6-2-4-13(18)10-15/h2,4,6-8,10,14H,3,5,9,11H2,1H3,(H,19,22)/t14-/m0/s1. The van der Waals surface area contributed by atoms with E-state index >= 15 is 0 Å². The molecule has 7 heteroatoms. The van der Waals surface area contributed by atoms with Crippen molar-refractivity contribution in [3.63, 3.8) is 0 Å². The van der Waals surface area contributed by atoms with Gasteiger partial charge in [-0.15, -0.1) is 15.3 Å². The summed E-state index contributed by atoms with van der Waals surface area (Å²) < 4.78 is 15.2. The van der Waals surface area contributed by atoms with E-state index in [2.05, 4.69) is 25.5 Å². The number of fused-ring (bicyclic) bond motifs is 1. The first-order valence-electron chi connectivity index (χ1n) is 8.15. The molecule has 0 saturated carbocycles. The number of rotatable bonds is 3. The zero-order chi connectivity index (χ0) is 16.5. The maximum absolute atomic E-state index is 13.5. The van der Waals surface area contributed by atoms with E-state index in [1.54, 1.807) is 16.6 Å². The van der Waals surface area contributed by atoms with E-state index in [4.69, 9.17) is 0 Å². The smallest absolute Gasteiger partial charge is 0.178 e. The summed E-state index contributed by atoms with van der Waals surface area (Å²) in [5.41, 5.74) is 1.67. The Labute approximate surface area is 139 Å². The molecule has 1 fully saturated rings. The molecule has 1 saturated heterocycles. The Morgan fingerprint density at radius 1 is 1.21 bits per heavy atom. The van der Waals surface area contributed by atoms with Gasteiger partial charge in [0.15, 0.2) is 11.5 Å². The van der Waals surface area contributed by atoms with Crippen LogP contribution in [-0.2, 0) is 0 Å². The van der Waals surface area contributed by atoms with Crippen LogP contribution in [0.25, 0.3) is 5.65 Å². The molecule has 0 amide bonds. The molecule has 24 heavy (non-hydrogen) atoms. The van der Waals surface area contributed by atoms with Crippen LogP contribution >= 0.6 is 0 Å². The SMILES string of the molecule is Cc1nnc2ccc(N[C@H]3CCCN(c4cccc(F)c4)C3)nn12. The summed E-state index contributed by atoms with van der Waals surface area (Å²) in [6, 6.07) is 10.9. The predicted octanol–water partition coefficient (Wildman–Crippen LogP) is 2.65. The third-order valence-corrected chi connectivity index (χ3v) is 4.37. The highest BCUT2D eigenvalue weighted by Gasteiger charge is 2.21. The number of aromatic nitrogens is 4. The molecule has 1 aliphatic heterocycles. The third kappa shape index (κ3) is 2.89. The second kappa shape index (κ2) is 6.07. The molecule has 1 atom stereocenters. The Kier molecular flexibility index (Phi) is 3.76. The van der Waals surface area contributed by atoms with Crippen molar-refractivity contribution < 1.29 is 4.39 Å². The van der Waals surface area contributed by atoms with Crippen molar-refractivity contribution in [1.29, 1.82) is 0 Å². The van der Waals surface area contributed by atoms with E-state index < -0.39 is 0 Å². The fourth-order valence-corrected chi connectivity index (χ4v) is 3.18. The number of halogens is 1. The van der Waals surface area contributed by atoms with Crippen LogP contribution in [0.2, 0.25) is 0 Å². The van der Waals surface area contributed by atoms with Gasteiger partial charge in [-0.05, 0) is 50.1 Å². The monoisotopic (exact) mass is 326 g/mol. The maximum atomic E-state index is 13.5. The lowest BCUT2D eigenvalue weighted by molar-refractivity contribution is 0.526. The minimum atomic E-state index is -0.196. The second-order valence-corrected chi connectivity index (χ2v) is 6.15. The number of hydrogen-bond donors (Lipinski definition) is 1. The van der Waals surface area contributed by atoms with Crippen LogP contribution in [0.15, 0.2) is 36.4 Å². The van der Waals surface area contributed by atoms with Gasteiger partial charge in [0.1, 0.15) is 11.6 Å².